The Balaban J connectivity index is 0.749. The molecular weight excluding hydrogens is 1600 g/mol. The molecule has 2 aromatic rings. The first-order valence-electron chi connectivity index (χ1n) is 38.9. The number of nitrogens with one attached hydrogen (secondary N) is 5. The monoisotopic (exact) mass is 1720 g/mol. The molecule has 7 aliphatic rings. The minimum atomic E-state index is -1.22. The minimum absolute atomic E-state index is 0.0183. The Hall–Kier alpha value is -5.08. The summed E-state index contributed by atoms with van der Waals surface area (Å²) in [5.41, 5.74) is 4.33. The molecule has 118 heavy (non-hydrogen) atoms. The average molecular weight is 1720 g/mol. The van der Waals surface area contributed by atoms with Crippen molar-refractivity contribution in [2.45, 2.75) is 217 Å². The third-order valence-electron chi connectivity index (χ3n) is 22.1. The second kappa shape index (κ2) is 47.7. The van der Waals surface area contributed by atoms with E-state index in [0.717, 1.165) is 34.0 Å². The minimum Gasteiger partial charge on any atom is -0.465 e. The van der Waals surface area contributed by atoms with E-state index in [1.165, 1.54) is 114 Å². The number of amides is 5. The number of thiol groups is 1. The zero-order valence-corrected chi connectivity index (χ0v) is 71.8. The van der Waals surface area contributed by atoms with Gasteiger partial charge >= 0.3 is 5.97 Å². The molecule has 0 aromatic heterocycles. The van der Waals surface area contributed by atoms with Crippen molar-refractivity contribution in [2.75, 3.05) is 171 Å². The predicted molar refractivity (Wildman–Crippen MR) is 418 cm³/mol. The fourth-order valence-corrected chi connectivity index (χ4v) is 17.3. The van der Waals surface area contributed by atoms with E-state index in [1.54, 1.807) is 13.8 Å². The largest absolute Gasteiger partial charge is 0.465 e. The van der Waals surface area contributed by atoms with Gasteiger partial charge < -0.3 is 154 Å². The van der Waals surface area contributed by atoms with Gasteiger partial charge in [-0.25, -0.2) is 0 Å². The Labute approximate surface area is 698 Å². The summed E-state index contributed by atoms with van der Waals surface area (Å²) in [5, 5.41) is 14.1. The van der Waals surface area contributed by atoms with Crippen molar-refractivity contribution in [1.29, 1.82) is 0 Å². The van der Waals surface area contributed by atoms with Gasteiger partial charge in [-0.1, -0.05) is 48.5 Å². The van der Waals surface area contributed by atoms with Crippen LogP contribution in [0.5, 0.6) is 0 Å². The first-order valence-corrected chi connectivity index (χ1v) is 40.7. The third kappa shape index (κ3) is 23.3. The van der Waals surface area contributed by atoms with E-state index in [2.05, 4.69) is 51.3 Å². The topological polar surface area (TPSA) is 412 Å². The number of benzene rings is 2. The number of hydrogen-bond acceptors (Lipinski definition) is 35. The van der Waals surface area contributed by atoms with Crippen molar-refractivity contribution in [3.8, 4) is 11.1 Å². The maximum atomic E-state index is 13.8. The third-order valence-corrected chi connectivity index (χ3v) is 23.3. The first kappa shape index (κ1) is 96.7. The molecule has 6 aliphatic heterocycles. The van der Waals surface area contributed by atoms with Gasteiger partial charge in [0, 0.05) is 126 Å². The van der Waals surface area contributed by atoms with Crippen molar-refractivity contribution in [3.05, 3.63) is 59.7 Å². The molecule has 668 valence electrons. The predicted octanol–water partition coefficient (Wildman–Crippen LogP) is -0.201. The Morgan fingerprint density at radius 3 is 1.08 bits per heavy atom. The fourth-order valence-electron chi connectivity index (χ4n) is 16.5. The lowest BCUT2D eigenvalue weighted by Gasteiger charge is -2.51. The summed E-state index contributed by atoms with van der Waals surface area (Å²) in [6, 6.07) is 14.6. The molecule has 30 atom stereocenters. The molecule has 6 heterocycles. The van der Waals surface area contributed by atoms with E-state index in [4.69, 9.17) is 128 Å². The zero-order chi connectivity index (χ0) is 85.4. The van der Waals surface area contributed by atoms with Crippen LogP contribution >= 0.6 is 24.4 Å². The van der Waals surface area contributed by atoms with Crippen LogP contribution in [-0.2, 0) is 157 Å². The maximum absolute atomic E-state index is 13.8. The molecule has 5 amide bonds. The summed E-state index contributed by atoms with van der Waals surface area (Å²) >= 11 is 5.11. The zero-order valence-electron chi connectivity index (χ0n) is 70.1. The van der Waals surface area contributed by atoms with Crippen molar-refractivity contribution in [1.82, 2.24) is 26.6 Å². The van der Waals surface area contributed by atoms with Crippen LogP contribution in [-0.4, -0.2) is 390 Å². The van der Waals surface area contributed by atoms with Gasteiger partial charge in [-0.15, -0.1) is 11.8 Å². The molecule has 0 radical (unpaired) electrons. The van der Waals surface area contributed by atoms with Crippen LogP contribution in [0.15, 0.2) is 48.5 Å². The highest BCUT2D eigenvalue weighted by Gasteiger charge is 2.59. The molecule has 5 N–H and O–H groups in total. The van der Waals surface area contributed by atoms with Gasteiger partial charge in [-0.2, -0.15) is 12.6 Å². The molecular formula is C78H121N5O33S2. The van der Waals surface area contributed by atoms with Crippen LogP contribution in [0.3, 0.4) is 0 Å². The van der Waals surface area contributed by atoms with Gasteiger partial charge in [-0.3, -0.25) is 28.8 Å². The number of thioether (sulfide) groups is 1. The van der Waals surface area contributed by atoms with Crippen molar-refractivity contribution < 1.29 is 157 Å². The molecule has 1 aliphatic carbocycles. The quantitative estimate of drug-likeness (QED) is 0.0369. The lowest BCUT2D eigenvalue weighted by atomic mass is 9.94. The first-order chi connectivity index (χ1) is 57.1. The summed E-state index contributed by atoms with van der Waals surface area (Å²) in [6.07, 6.45) is -27.5. The van der Waals surface area contributed by atoms with E-state index in [0.29, 0.717) is 0 Å². The van der Waals surface area contributed by atoms with E-state index in [1.807, 2.05) is 36.4 Å². The number of ether oxygens (including phenoxy) is 27. The van der Waals surface area contributed by atoms with Crippen molar-refractivity contribution in [3.63, 3.8) is 0 Å². The lowest BCUT2D eigenvalue weighted by molar-refractivity contribution is -0.374. The number of fused-ring (bicyclic) bond motifs is 3. The number of hydrogen-bond donors (Lipinski definition) is 6. The summed E-state index contributed by atoms with van der Waals surface area (Å²) in [7, 11) is 23.4. The van der Waals surface area contributed by atoms with Crippen LogP contribution in [0.1, 0.15) is 43.7 Å². The molecule has 0 spiro atoms. The van der Waals surface area contributed by atoms with Gasteiger partial charge in [0.05, 0.1) is 80.9 Å². The fraction of sp³-hybridized carbons (Fsp3) is 0.769. The molecule has 40 heteroatoms. The number of rotatable bonds is 44. The van der Waals surface area contributed by atoms with Crippen molar-refractivity contribution in [2.24, 2.45) is 0 Å². The molecule has 6 saturated heterocycles. The molecule has 9 rings (SSSR count). The molecule has 38 nitrogen and oxygen atoms in total. The number of methoxy groups -OCH3 is 16. The van der Waals surface area contributed by atoms with Crippen LogP contribution in [0, 0.1) is 0 Å². The smallest absolute Gasteiger partial charge is 0.306 e. The lowest BCUT2D eigenvalue weighted by Crippen LogP contribution is -2.69. The SMILES string of the molecule is COCC1OC(NC(=O)CNC(=O)CSCC(=O)N[C@H]2C(C)O[C@@H](O[C@H]3C(COC)O[C@@H](O[C@H]4C(COC)OC(NC(=O)CCC(=O)OCC5c6ccccc6-c6ccccc65)C(OC)[C@H]4OC)C(OC)[C@H]3OC)C(OC)[C@H]2OC)C(OC)[C@@H](OC)[C@H]1O[C@@H]1OC(COC)[C@H](O[C@@H]2OC(C)[C@H](NC(=O)CS)[C@H](OC)C2OC)[C@H](OC)C1OC. The molecule has 2 aromatic carbocycles. The Bertz CT molecular complexity index is 3400. The average Bonchev–Trinajstić information content (AvgIpc) is 1.52. The maximum Gasteiger partial charge on any atom is 0.306 e. The highest BCUT2D eigenvalue weighted by atomic mass is 32.2. The Kier molecular flexibility index (Phi) is 39.1. The van der Waals surface area contributed by atoms with Crippen LogP contribution in [0.4, 0.5) is 0 Å². The van der Waals surface area contributed by atoms with Gasteiger partial charge in [-0.05, 0) is 36.1 Å². The molecule has 6 fully saturated rings. The van der Waals surface area contributed by atoms with E-state index >= 15 is 0 Å². The van der Waals surface area contributed by atoms with Gasteiger partial charge in [0.1, 0.15) is 129 Å². The summed E-state index contributed by atoms with van der Waals surface area (Å²) in [5.74, 6) is -3.65. The van der Waals surface area contributed by atoms with Crippen LogP contribution < -0.4 is 26.6 Å². The number of carbonyl (C=O) groups excluding carboxylic acids is 6. The normalized spacial score (nSPS) is 35.4. The second-order valence-electron chi connectivity index (χ2n) is 29.0. The van der Waals surface area contributed by atoms with Crippen LogP contribution in [0.2, 0.25) is 0 Å². The Morgan fingerprint density at radius 2 is 0.695 bits per heavy atom. The number of esters is 1. The van der Waals surface area contributed by atoms with E-state index in [9.17, 15) is 28.8 Å². The summed E-state index contributed by atoms with van der Waals surface area (Å²) < 4.78 is 167. The second-order valence-corrected chi connectivity index (χ2v) is 30.3. The number of carbonyl (C=O) groups is 6. The molecule has 0 bridgehead atoms. The van der Waals surface area contributed by atoms with Crippen molar-refractivity contribution >= 4 is 59.9 Å². The highest BCUT2D eigenvalue weighted by Crippen LogP contribution is 2.45. The highest BCUT2D eigenvalue weighted by molar-refractivity contribution is 8.00. The van der Waals surface area contributed by atoms with Gasteiger partial charge in [0.25, 0.3) is 0 Å². The van der Waals surface area contributed by atoms with Gasteiger partial charge in [0.2, 0.25) is 29.5 Å². The summed E-state index contributed by atoms with van der Waals surface area (Å²) in [6.45, 7) is 2.94. The molecule has 0 saturated carbocycles. The van der Waals surface area contributed by atoms with E-state index in [-0.39, 0.29) is 75.0 Å². The standard InChI is InChI=1S/C78H121N5O33S2/c1-38-55(80-51(86)35-117)61(94-7)69(102-15)75(107-38)113-59-47(33-92-5)112-78(72(105-18)65(59)98-11)116-58-46(32-91-4)110-74(68(101-14)64(58)97-10)83-50(85)29-79-52(87)36-118-37-53(88)81-56-39(2)108-76(70(103-16)62(56)95-8)114-60-48(34-93-6)111-77(71(104-17)66(60)99-12)115-57-45(31-90-3)109-73(67(100-13)63(57)96-9)82-49(84)27-28-54(89)106-30-44-42-25-21-19-23-40(42)41-24-20-22-26-43(41)44/h19-26,38-39,44-48,55-78,117H,27-37H2,1-18H3,(H,79,87)(H,80,86)(H,81,88)(H,82,84)(H,83,85)/t38?,39?,45?,46?,47?,48?,55-,56-,57-,58-,59-,60-,61-,62-,63-,64-,65-,66-,67?,68?,69?,70?,71?,72?,73?,74?,75-,76-,77-,78-/m0/s1. The molecule has 14 unspecified atom stereocenters. The Morgan fingerprint density at radius 1 is 0.356 bits per heavy atom. The van der Waals surface area contributed by atoms with Crippen LogP contribution in [0.25, 0.3) is 11.1 Å². The summed E-state index contributed by atoms with van der Waals surface area (Å²) in [4.78, 5) is 80.2. The van der Waals surface area contributed by atoms with E-state index < -0.39 is 220 Å². The van der Waals surface area contributed by atoms with Gasteiger partial charge in [0.15, 0.2) is 37.6 Å².